The van der Waals surface area contributed by atoms with Crippen molar-refractivity contribution in [1.82, 2.24) is 10.4 Å². The van der Waals surface area contributed by atoms with Crippen LogP contribution in [0.3, 0.4) is 0 Å². The van der Waals surface area contributed by atoms with Crippen molar-refractivity contribution in [2.24, 2.45) is 5.84 Å². The molecule has 0 saturated carbocycles. The number of carbonyl (C=O) groups is 1. The van der Waals surface area contributed by atoms with Crippen LogP contribution in [0, 0.1) is 0 Å². The molecule has 0 spiro atoms. The molecule has 0 fully saturated rings. The van der Waals surface area contributed by atoms with Crippen molar-refractivity contribution in [1.29, 1.82) is 0 Å². The number of hydrogen-bond acceptors (Lipinski definition) is 5. The third-order valence-corrected chi connectivity index (χ3v) is 3.44. The fraction of sp³-hybridized carbons (Fsp3) is 0.167. The second-order valence-corrected chi connectivity index (χ2v) is 4.94. The van der Waals surface area contributed by atoms with E-state index in [-0.39, 0.29) is 5.56 Å². The molecule has 112 valence electrons. The van der Waals surface area contributed by atoms with Gasteiger partial charge >= 0.3 is 6.18 Å². The number of amides is 1. The number of halogens is 3. The lowest BCUT2D eigenvalue weighted by atomic mass is 10.3. The van der Waals surface area contributed by atoms with Crippen LogP contribution < -0.4 is 11.3 Å². The van der Waals surface area contributed by atoms with Crippen molar-refractivity contribution >= 4 is 17.7 Å². The second-order valence-electron chi connectivity index (χ2n) is 3.95. The normalized spacial score (nSPS) is 11.4. The first-order valence-electron chi connectivity index (χ1n) is 5.64. The highest BCUT2D eigenvalue weighted by Gasteiger charge is 2.30. The zero-order valence-corrected chi connectivity index (χ0v) is 11.3. The van der Waals surface area contributed by atoms with Gasteiger partial charge in [0.25, 0.3) is 5.91 Å². The third-order valence-electron chi connectivity index (χ3n) is 2.47. The largest absolute Gasteiger partial charge is 0.468 e. The van der Waals surface area contributed by atoms with Gasteiger partial charge in [-0.1, -0.05) is 11.8 Å². The monoisotopic (exact) mass is 317 g/mol. The molecule has 0 aliphatic heterocycles. The summed E-state index contributed by atoms with van der Waals surface area (Å²) in [4.78, 5) is 14.9. The number of furan rings is 1. The molecule has 2 aromatic rings. The number of aromatic nitrogens is 1. The van der Waals surface area contributed by atoms with Crippen LogP contribution in [0.5, 0.6) is 0 Å². The molecule has 2 rings (SSSR count). The molecule has 0 atom stereocenters. The van der Waals surface area contributed by atoms with Gasteiger partial charge in [-0.2, -0.15) is 13.2 Å². The summed E-state index contributed by atoms with van der Waals surface area (Å²) in [7, 11) is 0. The quantitative estimate of drug-likeness (QED) is 0.392. The fourth-order valence-corrected chi connectivity index (χ4v) is 2.17. The highest BCUT2D eigenvalue weighted by atomic mass is 32.2. The van der Waals surface area contributed by atoms with Crippen molar-refractivity contribution in [3.8, 4) is 0 Å². The number of nitrogen functional groups attached to an aromatic ring is 1. The number of hydrazine groups is 1. The van der Waals surface area contributed by atoms with Crippen LogP contribution in [-0.4, -0.2) is 10.9 Å². The molecule has 2 aromatic heterocycles. The Morgan fingerprint density at radius 3 is 2.76 bits per heavy atom. The van der Waals surface area contributed by atoms with Crippen LogP contribution in [0.25, 0.3) is 0 Å². The van der Waals surface area contributed by atoms with E-state index in [0.717, 1.165) is 12.3 Å². The summed E-state index contributed by atoms with van der Waals surface area (Å²) in [5.41, 5.74) is 1.44. The van der Waals surface area contributed by atoms with E-state index in [1.54, 1.807) is 0 Å². The van der Waals surface area contributed by atoms with Gasteiger partial charge in [0, 0.05) is 6.20 Å². The maximum absolute atomic E-state index is 12.4. The Morgan fingerprint density at radius 1 is 1.43 bits per heavy atom. The molecule has 0 unspecified atom stereocenters. The number of nitrogens with one attached hydrogen (secondary N) is 1. The van der Waals surface area contributed by atoms with Crippen LogP contribution in [0.15, 0.2) is 40.1 Å². The highest BCUT2D eigenvalue weighted by Crippen LogP contribution is 2.30. The first kappa shape index (κ1) is 15.4. The van der Waals surface area contributed by atoms with Gasteiger partial charge in [0.2, 0.25) is 0 Å². The van der Waals surface area contributed by atoms with Crippen LogP contribution in [0.2, 0.25) is 0 Å². The summed E-state index contributed by atoms with van der Waals surface area (Å²) in [6, 6.07) is 3.74. The molecule has 9 heteroatoms. The predicted octanol–water partition coefficient (Wildman–Crippen LogP) is 2.59. The molecule has 0 aliphatic rings. The van der Waals surface area contributed by atoms with Crippen LogP contribution >= 0.6 is 11.8 Å². The molecule has 1 amide bonds. The Hall–Kier alpha value is -2.00. The Balaban J connectivity index is 1.97. The second kappa shape index (κ2) is 6.19. The lowest BCUT2D eigenvalue weighted by Crippen LogP contribution is -2.29. The summed E-state index contributed by atoms with van der Waals surface area (Å²) < 4.78 is 42.3. The molecule has 0 saturated heterocycles. The van der Waals surface area contributed by atoms with E-state index < -0.39 is 17.6 Å². The number of rotatable bonds is 4. The van der Waals surface area contributed by atoms with E-state index in [1.165, 1.54) is 30.2 Å². The summed E-state index contributed by atoms with van der Waals surface area (Å²) >= 11 is 1.19. The van der Waals surface area contributed by atoms with E-state index in [9.17, 15) is 18.0 Å². The summed E-state index contributed by atoms with van der Waals surface area (Å²) in [6.45, 7) is 0. The van der Waals surface area contributed by atoms with Crippen molar-refractivity contribution in [3.63, 3.8) is 0 Å². The minimum Gasteiger partial charge on any atom is -0.468 e. The average Bonchev–Trinajstić information content (AvgIpc) is 2.92. The Labute approximate surface area is 121 Å². The van der Waals surface area contributed by atoms with Crippen LogP contribution in [-0.2, 0) is 11.9 Å². The van der Waals surface area contributed by atoms with Crippen molar-refractivity contribution in [2.75, 3.05) is 0 Å². The minimum absolute atomic E-state index is 0.272. The highest BCUT2D eigenvalue weighted by molar-refractivity contribution is 7.98. The topological polar surface area (TPSA) is 81.1 Å². The Kier molecular flexibility index (Phi) is 4.53. The van der Waals surface area contributed by atoms with Gasteiger partial charge in [0.15, 0.2) is 0 Å². The van der Waals surface area contributed by atoms with Gasteiger partial charge in [0.05, 0.1) is 21.9 Å². The van der Waals surface area contributed by atoms with E-state index in [0.29, 0.717) is 16.5 Å². The maximum atomic E-state index is 12.4. The fourth-order valence-electron chi connectivity index (χ4n) is 1.44. The number of thioether (sulfide) groups is 1. The molecule has 0 aromatic carbocycles. The Morgan fingerprint density at radius 2 is 2.19 bits per heavy atom. The van der Waals surface area contributed by atoms with Gasteiger partial charge in [-0.15, -0.1) is 0 Å². The van der Waals surface area contributed by atoms with Crippen molar-refractivity contribution in [2.45, 2.75) is 17.0 Å². The zero-order chi connectivity index (χ0) is 15.5. The summed E-state index contributed by atoms with van der Waals surface area (Å²) in [5, 5.41) is 0.421. The molecular formula is C12H10F3N3O2S. The van der Waals surface area contributed by atoms with Gasteiger partial charge in [-0.25, -0.2) is 10.8 Å². The number of pyridine rings is 1. The number of nitrogens with two attached hydrogens (primary N) is 1. The summed E-state index contributed by atoms with van der Waals surface area (Å²) in [5.74, 6) is 5.31. The predicted molar refractivity (Wildman–Crippen MR) is 69.2 cm³/mol. The van der Waals surface area contributed by atoms with Gasteiger partial charge in [0.1, 0.15) is 12.0 Å². The number of alkyl halides is 3. The van der Waals surface area contributed by atoms with E-state index in [4.69, 9.17) is 10.3 Å². The molecule has 0 bridgehead atoms. The lowest BCUT2D eigenvalue weighted by Gasteiger charge is -2.06. The standard InChI is InChI=1S/C12H10F3N3O2S/c13-12(14,15)8-1-2-10(17-4-8)21-6-9-3-7(5-20-9)11(19)18-16/h1-5H,6,16H2,(H,18,19). The number of nitrogens with zero attached hydrogens (tertiary/aromatic N) is 1. The molecule has 3 N–H and O–H groups in total. The Bertz CT molecular complexity index is 625. The lowest BCUT2D eigenvalue weighted by molar-refractivity contribution is -0.137. The number of carbonyl (C=O) groups excluding carboxylic acids is 1. The minimum atomic E-state index is -4.40. The zero-order valence-electron chi connectivity index (χ0n) is 10.5. The third kappa shape index (κ3) is 3.99. The van der Waals surface area contributed by atoms with Crippen LogP contribution in [0.4, 0.5) is 13.2 Å². The van der Waals surface area contributed by atoms with E-state index in [2.05, 4.69) is 4.98 Å². The smallest absolute Gasteiger partial charge is 0.417 e. The molecule has 2 heterocycles. The van der Waals surface area contributed by atoms with Gasteiger partial charge in [-0.05, 0) is 18.2 Å². The average molecular weight is 317 g/mol. The molecular weight excluding hydrogens is 307 g/mol. The number of hydrogen-bond donors (Lipinski definition) is 2. The first-order valence-corrected chi connectivity index (χ1v) is 6.63. The van der Waals surface area contributed by atoms with Gasteiger partial charge < -0.3 is 4.42 Å². The molecule has 5 nitrogen and oxygen atoms in total. The van der Waals surface area contributed by atoms with Gasteiger partial charge in [-0.3, -0.25) is 10.2 Å². The van der Waals surface area contributed by atoms with E-state index in [1.807, 2.05) is 5.43 Å². The van der Waals surface area contributed by atoms with Crippen molar-refractivity contribution < 1.29 is 22.4 Å². The SMILES string of the molecule is NNC(=O)c1coc(CSc2ccc(C(F)(F)F)cn2)c1. The van der Waals surface area contributed by atoms with E-state index >= 15 is 0 Å². The molecule has 0 radical (unpaired) electrons. The summed E-state index contributed by atoms with van der Waals surface area (Å²) in [6.07, 6.45) is -2.38. The maximum Gasteiger partial charge on any atom is 0.417 e. The molecule has 21 heavy (non-hydrogen) atoms. The van der Waals surface area contributed by atoms with Crippen LogP contribution in [0.1, 0.15) is 21.7 Å². The van der Waals surface area contributed by atoms with Crippen molar-refractivity contribution in [3.05, 3.63) is 47.5 Å². The molecule has 0 aliphatic carbocycles. The first-order chi connectivity index (χ1) is 9.90.